The molecule has 3 aromatic carbocycles. The molecule has 11 nitrogen and oxygen atoms in total. The SMILES string of the molecule is CC(=O)Nc1cc(S(=O)(=O)O)cc2cc(SOOO)c(N=Nc3cccc(C)c3)c(O)c12. The van der Waals surface area contributed by atoms with Crippen molar-refractivity contribution in [3.8, 4) is 5.75 Å². The van der Waals surface area contributed by atoms with Crippen LogP contribution in [0.15, 0.2) is 62.5 Å². The highest BCUT2D eigenvalue weighted by molar-refractivity contribution is 7.94. The number of nitrogens with zero attached hydrogens (tertiary/aromatic N) is 2. The van der Waals surface area contributed by atoms with Crippen LogP contribution in [0.1, 0.15) is 12.5 Å². The van der Waals surface area contributed by atoms with Crippen molar-refractivity contribution < 1.29 is 37.5 Å². The minimum atomic E-state index is -4.63. The standard InChI is InChI=1S/C19H17N3O8S2/c1-10-4-3-5-13(6-10)21-22-18-16(31-30-29-25)8-12-7-14(32(26,27)28)9-15(20-11(2)23)17(12)19(18)24/h3-9,24-25H,1-2H3,(H,20,23)(H,26,27,28). The number of carbonyl (C=O) groups excluding carboxylic acids is 1. The van der Waals surface area contributed by atoms with Crippen LogP contribution in [0.5, 0.6) is 5.75 Å². The van der Waals surface area contributed by atoms with Crippen LogP contribution >= 0.6 is 12.0 Å². The van der Waals surface area contributed by atoms with E-state index in [-0.39, 0.29) is 27.0 Å². The highest BCUT2D eigenvalue weighted by Gasteiger charge is 2.21. The maximum atomic E-state index is 11.7. The number of azo groups is 1. The van der Waals surface area contributed by atoms with Gasteiger partial charge in [-0.25, -0.2) is 5.26 Å². The normalized spacial score (nSPS) is 11.9. The lowest BCUT2D eigenvalue weighted by Crippen LogP contribution is -2.08. The molecule has 0 saturated carbocycles. The fraction of sp³-hybridized carbons (Fsp3) is 0.105. The van der Waals surface area contributed by atoms with Gasteiger partial charge in [0.05, 0.1) is 33.2 Å². The zero-order chi connectivity index (χ0) is 23.5. The first-order valence-corrected chi connectivity index (χ1v) is 11.0. The Kier molecular flexibility index (Phi) is 7.08. The first-order chi connectivity index (χ1) is 15.1. The number of amides is 1. The van der Waals surface area contributed by atoms with Crippen molar-refractivity contribution in [3.05, 3.63) is 48.0 Å². The van der Waals surface area contributed by atoms with Crippen LogP contribution in [0, 0.1) is 6.92 Å². The average Bonchev–Trinajstić information content (AvgIpc) is 2.70. The van der Waals surface area contributed by atoms with Gasteiger partial charge < -0.3 is 10.4 Å². The van der Waals surface area contributed by atoms with Crippen LogP contribution in [-0.4, -0.2) is 29.2 Å². The van der Waals surface area contributed by atoms with Gasteiger partial charge in [-0.05, 0) is 48.2 Å². The lowest BCUT2D eigenvalue weighted by Gasteiger charge is -2.14. The minimum Gasteiger partial charge on any atom is -0.505 e. The highest BCUT2D eigenvalue weighted by atomic mass is 32.2. The van der Waals surface area contributed by atoms with Crippen molar-refractivity contribution in [2.75, 3.05) is 5.32 Å². The van der Waals surface area contributed by atoms with Crippen LogP contribution in [0.25, 0.3) is 10.8 Å². The summed E-state index contributed by atoms with van der Waals surface area (Å²) in [5.74, 6) is -1.01. The Hall–Kier alpha value is -3.07. The quantitative estimate of drug-likeness (QED) is 0.121. The van der Waals surface area contributed by atoms with Crippen LogP contribution in [-0.2, 0) is 24.3 Å². The lowest BCUT2D eigenvalue weighted by atomic mass is 10.1. The van der Waals surface area contributed by atoms with Gasteiger partial charge in [0.2, 0.25) is 5.91 Å². The van der Waals surface area contributed by atoms with E-state index in [0.717, 1.165) is 17.7 Å². The highest BCUT2D eigenvalue weighted by Crippen LogP contribution is 2.47. The lowest BCUT2D eigenvalue weighted by molar-refractivity contribution is -0.432. The van der Waals surface area contributed by atoms with Gasteiger partial charge in [0, 0.05) is 12.3 Å². The molecule has 168 valence electrons. The third-order valence-corrected chi connectivity index (χ3v) is 5.60. The number of phenols is 1. The molecule has 0 aromatic heterocycles. The van der Waals surface area contributed by atoms with Gasteiger partial charge in [0.25, 0.3) is 10.1 Å². The van der Waals surface area contributed by atoms with Gasteiger partial charge >= 0.3 is 0 Å². The number of nitrogens with one attached hydrogen (secondary N) is 1. The van der Waals surface area contributed by atoms with Gasteiger partial charge in [-0.15, -0.1) is 9.45 Å². The van der Waals surface area contributed by atoms with E-state index in [1.165, 1.54) is 13.0 Å². The van der Waals surface area contributed by atoms with Crippen LogP contribution < -0.4 is 5.32 Å². The summed E-state index contributed by atoms with van der Waals surface area (Å²) in [6, 6.07) is 10.5. The summed E-state index contributed by atoms with van der Waals surface area (Å²) in [5, 5.41) is 33.8. The topological polar surface area (TPSA) is 167 Å². The zero-order valence-corrected chi connectivity index (χ0v) is 18.3. The monoisotopic (exact) mass is 479 g/mol. The summed E-state index contributed by atoms with van der Waals surface area (Å²) < 4.78 is 37.3. The van der Waals surface area contributed by atoms with Crippen LogP contribution in [0.4, 0.5) is 17.1 Å². The molecule has 0 radical (unpaired) electrons. The molecule has 3 aromatic rings. The smallest absolute Gasteiger partial charge is 0.294 e. The Labute approximate surface area is 186 Å². The van der Waals surface area contributed by atoms with Crippen molar-refractivity contribution >= 4 is 55.9 Å². The molecule has 0 heterocycles. The second-order valence-corrected chi connectivity index (χ2v) is 8.73. The fourth-order valence-corrected chi connectivity index (χ4v) is 3.94. The summed E-state index contributed by atoms with van der Waals surface area (Å²) in [5.41, 5.74) is 1.24. The Morgan fingerprint density at radius 2 is 1.91 bits per heavy atom. The second kappa shape index (κ2) is 9.60. The first kappa shape index (κ1) is 23.6. The summed E-state index contributed by atoms with van der Waals surface area (Å²) >= 11 is 0.462. The van der Waals surface area contributed by atoms with E-state index in [2.05, 4.69) is 24.9 Å². The van der Waals surface area contributed by atoms with E-state index in [4.69, 9.17) is 5.26 Å². The Bertz CT molecular complexity index is 1330. The van der Waals surface area contributed by atoms with Crippen molar-refractivity contribution in [1.29, 1.82) is 0 Å². The van der Waals surface area contributed by atoms with Gasteiger partial charge in [-0.1, -0.05) is 17.2 Å². The third-order valence-electron chi connectivity index (χ3n) is 4.15. The molecular formula is C19H17N3O8S2. The number of aromatic hydroxyl groups is 1. The number of benzene rings is 3. The van der Waals surface area contributed by atoms with Crippen molar-refractivity contribution in [3.63, 3.8) is 0 Å². The molecule has 0 spiro atoms. The third kappa shape index (κ3) is 5.40. The van der Waals surface area contributed by atoms with Crippen LogP contribution in [0.3, 0.4) is 0 Å². The molecule has 0 bridgehead atoms. The number of anilines is 1. The van der Waals surface area contributed by atoms with E-state index in [9.17, 15) is 22.9 Å². The van der Waals surface area contributed by atoms with Gasteiger partial charge in [0.1, 0.15) is 5.69 Å². The molecule has 0 aliphatic carbocycles. The molecule has 32 heavy (non-hydrogen) atoms. The largest absolute Gasteiger partial charge is 0.505 e. The number of rotatable bonds is 7. The molecule has 0 atom stereocenters. The van der Waals surface area contributed by atoms with E-state index in [1.54, 1.807) is 18.2 Å². The maximum absolute atomic E-state index is 11.7. The number of fused-ring (bicyclic) bond motifs is 1. The Morgan fingerprint density at radius 1 is 1.16 bits per heavy atom. The van der Waals surface area contributed by atoms with Gasteiger partial charge in [-0.3, -0.25) is 9.35 Å². The summed E-state index contributed by atoms with van der Waals surface area (Å²) in [6.07, 6.45) is 0. The van der Waals surface area contributed by atoms with E-state index in [1.807, 2.05) is 13.0 Å². The average molecular weight is 479 g/mol. The summed E-state index contributed by atoms with van der Waals surface area (Å²) in [6.45, 7) is 3.06. The zero-order valence-electron chi connectivity index (χ0n) is 16.6. The molecule has 4 N–H and O–H groups in total. The number of hydrogen-bond acceptors (Lipinski definition) is 10. The number of phenolic OH excluding ortho intramolecular Hbond substituents is 1. The molecule has 1 amide bonds. The number of aryl methyl sites for hydroxylation is 1. The predicted octanol–water partition coefficient (Wildman–Crippen LogP) is 4.90. The summed E-state index contributed by atoms with van der Waals surface area (Å²) in [7, 11) is -4.63. The molecular weight excluding hydrogens is 462 g/mol. The second-order valence-electron chi connectivity index (χ2n) is 6.56. The molecule has 3 rings (SSSR count). The number of hydrogen-bond donors (Lipinski definition) is 4. The molecule has 0 unspecified atom stereocenters. The van der Waals surface area contributed by atoms with Crippen LogP contribution in [0.2, 0.25) is 0 Å². The summed E-state index contributed by atoms with van der Waals surface area (Å²) in [4.78, 5) is 11.2. The molecule has 13 heteroatoms. The van der Waals surface area contributed by atoms with Crippen molar-refractivity contribution in [2.45, 2.75) is 23.6 Å². The maximum Gasteiger partial charge on any atom is 0.294 e. The number of carbonyl (C=O) groups is 1. The molecule has 0 aliphatic heterocycles. The van der Waals surface area contributed by atoms with E-state index in [0.29, 0.717) is 17.7 Å². The van der Waals surface area contributed by atoms with E-state index < -0.39 is 26.7 Å². The molecule has 0 aliphatic rings. The first-order valence-electron chi connectivity index (χ1n) is 8.82. The van der Waals surface area contributed by atoms with Gasteiger partial charge in [-0.2, -0.15) is 13.5 Å². The Morgan fingerprint density at radius 3 is 2.53 bits per heavy atom. The fourth-order valence-electron chi connectivity index (χ4n) is 2.91. The van der Waals surface area contributed by atoms with E-state index >= 15 is 0 Å². The van der Waals surface area contributed by atoms with Crippen molar-refractivity contribution in [1.82, 2.24) is 0 Å². The van der Waals surface area contributed by atoms with Crippen molar-refractivity contribution in [2.24, 2.45) is 10.2 Å². The minimum absolute atomic E-state index is 0.0417. The Balaban J connectivity index is 2.29. The predicted molar refractivity (Wildman–Crippen MR) is 116 cm³/mol. The van der Waals surface area contributed by atoms with Gasteiger partial charge in [0.15, 0.2) is 5.75 Å². The molecule has 0 fully saturated rings. The molecule has 0 saturated heterocycles.